The fourth-order valence-electron chi connectivity index (χ4n) is 2.99. The van der Waals surface area contributed by atoms with E-state index in [1.165, 1.54) is 37.2 Å². The first-order chi connectivity index (χ1) is 12.3. The van der Waals surface area contributed by atoms with Crippen molar-refractivity contribution in [1.82, 2.24) is 15.5 Å². The van der Waals surface area contributed by atoms with Crippen molar-refractivity contribution in [3.05, 3.63) is 29.8 Å². The fraction of sp³-hybridized carbons (Fsp3) is 0.667. The smallest absolute Gasteiger partial charge is 0.191 e. The van der Waals surface area contributed by atoms with Crippen LogP contribution in [-0.4, -0.2) is 56.7 Å². The lowest BCUT2D eigenvalue weighted by atomic mass is 10.1. The summed E-state index contributed by atoms with van der Waals surface area (Å²) in [6.45, 7) is 12.7. The predicted molar refractivity (Wildman–Crippen MR) is 113 cm³/mol. The summed E-state index contributed by atoms with van der Waals surface area (Å²) in [6.07, 6.45) is 2.60. The van der Waals surface area contributed by atoms with Gasteiger partial charge in [-0.2, -0.15) is 0 Å². The molecule has 1 fully saturated rings. The molecule has 1 saturated heterocycles. The Kier molecular flexibility index (Phi) is 7.33. The van der Waals surface area contributed by atoms with Gasteiger partial charge < -0.3 is 20.4 Å². The van der Waals surface area contributed by atoms with Crippen LogP contribution >= 0.6 is 0 Å². The number of likely N-dealkylation sites (N-methyl/N-ethyl adjacent to an activating group) is 1. The number of rotatable bonds is 7. The maximum absolute atomic E-state index is 4.81. The Morgan fingerprint density at radius 1 is 1.27 bits per heavy atom. The molecular formula is C21H37N5. The van der Waals surface area contributed by atoms with Gasteiger partial charge in [-0.3, -0.25) is 4.99 Å². The molecule has 1 aromatic rings. The third kappa shape index (κ3) is 5.63. The average Bonchev–Trinajstić information content (AvgIpc) is 3.14. The number of anilines is 1. The van der Waals surface area contributed by atoms with Crippen molar-refractivity contribution in [1.29, 1.82) is 0 Å². The molecule has 0 aliphatic carbocycles. The third-order valence-corrected chi connectivity index (χ3v) is 5.37. The molecule has 2 N–H and O–H groups in total. The van der Waals surface area contributed by atoms with E-state index in [0.717, 1.165) is 19.0 Å². The summed E-state index contributed by atoms with van der Waals surface area (Å²) in [5, 5.41) is 6.94. The SMILES string of the molecule is CCNC(=NCC(C)(C)N(C)C)NC(C)c1cccc(N2CCCC2)c1. The molecule has 0 bridgehead atoms. The van der Waals surface area contributed by atoms with Gasteiger partial charge in [-0.25, -0.2) is 0 Å². The van der Waals surface area contributed by atoms with E-state index >= 15 is 0 Å². The van der Waals surface area contributed by atoms with Crippen LogP contribution in [0, 0.1) is 0 Å². The number of aliphatic imine (C=N–C) groups is 1. The van der Waals surface area contributed by atoms with Crippen molar-refractivity contribution < 1.29 is 0 Å². The lowest BCUT2D eigenvalue weighted by molar-refractivity contribution is 0.204. The molecule has 1 aromatic carbocycles. The molecular weight excluding hydrogens is 322 g/mol. The topological polar surface area (TPSA) is 42.9 Å². The summed E-state index contributed by atoms with van der Waals surface area (Å²) in [7, 11) is 4.20. The molecule has 0 spiro atoms. The molecule has 1 aliphatic heterocycles. The summed E-state index contributed by atoms with van der Waals surface area (Å²) in [6, 6.07) is 9.11. The lowest BCUT2D eigenvalue weighted by Gasteiger charge is -2.31. The third-order valence-electron chi connectivity index (χ3n) is 5.37. The summed E-state index contributed by atoms with van der Waals surface area (Å²) >= 11 is 0. The second kappa shape index (κ2) is 9.26. The van der Waals surface area contributed by atoms with Gasteiger partial charge in [0.1, 0.15) is 0 Å². The number of nitrogens with zero attached hydrogens (tertiary/aromatic N) is 3. The molecule has 5 nitrogen and oxygen atoms in total. The Morgan fingerprint density at radius 3 is 2.58 bits per heavy atom. The van der Waals surface area contributed by atoms with E-state index in [2.05, 4.69) is 86.5 Å². The largest absolute Gasteiger partial charge is 0.372 e. The van der Waals surface area contributed by atoms with Crippen LogP contribution in [0.1, 0.15) is 52.1 Å². The van der Waals surface area contributed by atoms with Crippen molar-refractivity contribution in [2.75, 3.05) is 45.2 Å². The standard InChI is InChI=1S/C21H37N5/c1-7-22-20(23-16-21(3,4)25(5)6)24-17(2)18-11-10-12-19(15-18)26-13-8-9-14-26/h10-12,15,17H,7-9,13-14,16H2,1-6H3,(H2,22,23,24). The van der Waals surface area contributed by atoms with Gasteiger partial charge in [0.25, 0.3) is 0 Å². The highest BCUT2D eigenvalue weighted by atomic mass is 15.2. The minimum atomic E-state index is 0.0290. The molecule has 5 heteroatoms. The molecule has 0 amide bonds. The normalized spacial score (nSPS) is 16.9. The summed E-state index contributed by atoms with van der Waals surface area (Å²) in [5.41, 5.74) is 2.66. The van der Waals surface area contributed by atoms with Crippen LogP contribution in [-0.2, 0) is 0 Å². The molecule has 1 aliphatic rings. The van der Waals surface area contributed by atoms with Crippen LogP contribution in [0.15, 0.2) is 29.3 Å². The van der Waals surface area contributed by atoms with Gasteiger partial charge in [-0.15, -0.1) is 0 Å². The van der Waals surface area contributed by atoms with E-state index in [0.29, 0.717) is 0 Å². The number of hydrogen-bond donors (Lipinski definition) is 2. The predicted octanol–water partition coefficient (Wildman–Crippen LogP) is 3.24. The van der Waals surface area contributed by atoms with E-state index in [1.807, 2.05) is 0 Å². The highest BCUT2D eigenvalue weighted by Gasteiger charge is 2.20. The molecule has 0 aromatic heterocycles. The number of nitrogens with one attached hydrogen (secondary N) is 2. The zero-order valence-electron chi connectivity index (χ0n) is 17.5. The van der Waals surface area contributed by atoms with Crippen molar-refractivity contribution in [3.63, 3.8) is 0 Å². The Hall–Kier alpha value is -1.75. The van der Waals surface area contributed by atoms with Gasteiger partial charge in [0.2, 0.25) is 0 Å². The second-order valence-electron chi connectivity index (χ2n) is 8.06. The fourth-order valence-corrected chi connectivity index (χ4v) is 2.99. The van der Waals surface area contributed by atoms with Crippen molar-refractivity contribution in [3.8, 4) is 0 Å². The Bertz CT molecular complexity index is 588. The van der Waals surface area contributed by atoms with Gasteiger partial charge in [-0.05, 0) is 72.3 Å². The van der Waals surface area contributed by atoms with E-state index in [4.69, 9.17) is 4.99 Å². The number of guanidine groups is 1. The van der Waals surface area contributed by atoms with Crippen molar-refractivity contribution in [2.45, 2.75) is 52.1 Å². The minimum Gasteiger partial charge on any atom is -0.372 e. The van der Waals surface area contributed by atoms with Crippen LogP contribution in [0.5, 0.6) is 0 Å². The molecule has 1 atom stereocenters. The maximum Gasteiger partial charge on any atom is 0.191 e. The lowest BCUT2D eigenvalue weighted by Crippen LogP contribution is -2.44. The van der Waals surface area contributed by atoms with Gasteiger partial charge in [0, 0.05) is 30.9 Å². The van der Waals surface area contributed by atoms with Gasteiger partial charge in [0.05, 0.1) is 12.6 Å². The first-order valence-electron chi connectivity index (χ1n) is 9.90. The Balaban J connectivity index is 2.07. The average molecular weight is 360 g/mol. The van der Waals surface area contributed by atoms with Crippen LogP contribution in [0.2, 0.25) is 0 Å². The van der Waals surface area contributed by atoms with E-state index in [1.54, 1.807) is 0 Å². The molecule has 0 radical (unpaired) electrons. The summed E-state index contributed by atoms with van der Waals surface area (Å²) in [5.74, 6) is 0.876. The molecule has 146 valence electrons. The molecule has 1 heterocycles. The zero-order valence-corrected chi connectivity index (χ0v) is 17.5. The summed E-state index contributed by atoms with van der Waals surface area (Å²) in [4.78, 5) is 9.51. The van der Waals surface area contributed by atoms with E-state index in [9.17, 15) is 0 Å². The van der Waals surface area contributed by atoms with E-state index in [-0.39, 0.29) is 11.6 Å². The minimum absolute atomic E-state index is 0.0290. The first-order valence-corrected chi connectivity index (χ1v) is 9.90. The van der Waals surface area contributed by atoms with Gasteiger partial charge in [0.15, 0.2) is 5.96 Å². The molecule has 1 unspecified atom stereocenters. The van der Waals surface area contributed by atoms with Gasteiger partial charge in [-0.1, -0.05) is 12.1 Å². The summed E-state index contributed by atoms with van der Waals surface area (Å²) < 4.78 is 0. The van der Waals surface area contributed by atoms with Crippen molar-refractivity contribution in [2.24, 2.45) is 4.99 Å². The monoisotopic (exact) mass is 359 g/mol. The molecule has 0 saturated carbocycles. The molecule has 2 rings (SSSR count). The van der Waals surface area contributed by atoms with Crippen LogP contribution in [0.25, 0.3) is 0 Å². The molecule has 26 heavy (non-hydrogen) atoms. The maximum atomic E-state index is 4.81. The highest BCUT2D eigenvalue weighted by Crippen LogP contribution is 2.24. The second-order valence-corrected chi connectivity index (χ2v) is 8.06. The first kappa shape index (κ1) is 20.6. The Labute approximate surface area is 159 Å². The highest BCUT2D eigenvalue weighted by molar-refractivity contribution is 5.80. The van der Waals surface area contributed by atoms with Crippen LogP contribution < -0.4 is 15.5 Å². The van der Waals surface area contributed by atoms with Crippen LogP contribution in [0.4, 0.5) is 5.69 Å². The quantitative estimate of drug-likeness (QED) is 0.579. The zero-order chi connectivity index (χ0) is 19.2. The van der Waals surface area contributed by atoms with Crippen molar-refractivity contribution >= 4 is 11.6 Å². The Morgan fingerprint density at radius 2 is 1.96 bits per heavy atom. The van der Waals surface area contributed by atoms with Crippen LogP contribution in [0.3, 0.4) is 0 Å². The van der Waals surface area contributed by atoms with E-state index < -0.39 is 0 Å². The number of hydrogen-bond acceptors (Lipinski definition) is 3. The van der Waals surface area contributed by atoms with Gasteiger partial charge >= 0.3 is 0 Å². The number of benzene rings is 1.